The molecule has 7 heteroatoms. The minimum atomic E-state index is -4.82. The van der Waals surface area contributed by atoms with E-state index in [2.05, 4.69) is 4.98 Å². The van der Waals surface area contributed by atoms with Crippen LogP contribution in [0.15, 0.2) is 71.8 Å². The molecule has 0 radical (unpaired) electrons. The summed E-state index contributed by atoms with van der Waals surface area (Å²) in [5.74, 6) is -1.52. The third kappa shape index (κ3) is 3.38. The first-order valence-electron chi connectivity index (χ1n) is 8.63. The number of ether oxygens (including phenoxy) is 1. The zero-order valence-electron chi connectivity index (χ0n) is 15.7. The van der Waals surface area contributed by atoms with Gasteiger partial charge in [0.15, 0.2) is 0 Å². The maximum Gasteiger partial charge on any atom is 0.367 e. The molecule has 0 N–H and O–H groups in total. The van der Waals surface area contributed by atoms with Gasteiger partial charge in [-0.05, 0) is 44.4 Å². The third-order valence-electron chi connectivity index (χ3n) is 4.06. The Bertz CT molecular complexity index is 1120. The number of pyridine rings is 1. The van der Waals surface area contributed by atoms with E-state index in [9.17, 15) is 13.2 Å². The van der Waals surface area contributed by atoms with Crippen LogP contribution < -0.4 is 0 Å². The highest BCUT2D eigenvalue weighted by molar-refractivity contribution is 7.93. The second-order valence-electron chi connectivity index (χ2n) is 7.29. The van der Waals surface area contributed by atoms with Crippen molar-refractivity contribution in [3.05, 3.63) is 72.6 Å². The number of fused-ring (bicyclic) bond motifs is 1. The number of alkyl halides is 1. The fraction of sp³-hybridized carbons (Fsp3) is 0.238. The van der Waals surface area contributed by atoms with E-state index in [-0.39, 0.29) is 10.3 Å². The van der Waals surface area contributed by atoms with Crippen LogP contribution in [0.25, 0.3) is 10.8 Å². The first-order valence-corrected chi connectivity index (χ1v) is 10.1. The number of carbonyl (C=O) groups is 1. The topological polar surface area (TPSA) is 73.3 Å². The van der Waals surface area contributed by atoms with Crippen LogP contribution in [0.2, 0.25) is 0 Å². The summed E-state index contributed by atoms with van der Waals surface area (Å²) in [7, 11) is -4.82. The van der Waals surface area contributed by atoms with Crippen LogP contribution in [0.5, 0.6) is 0 Å². The van der Waals surface area contributed by atoms with Gasteiger partial charge >= 0.3 is 11.0 Å². The Hall–Kier alpha value is -2.80. The summed E-state index contributed by atoms with van der Waals surface area (Å²) >= 11 is 0. The average Bonchev–Trinajstić information content (AvgIpc) is 2.66. The number of esters is 1. The molecule has 3 aromatic rings. The van der Waals surface area contributed by atoms with Gasteiger partial charge in [-0.2, -0.15) is 0 Å². The number of halogens is 1. The minimum Gasteiger partial charge on any atom is -0.456 e. The van der Waals surface area contributed by atoms with E-state index in [4.69, 9.17) is 4.74 Å². The van der Waals surface area contributed by atoms with Gasteiger partial charge < -0.3 is 4.74 Å². The zero-order valence-corrected chi connectivity index (χ0v) is 16.5. The van der Waals surface area contributed by atoms with Crippen LogP contribution in [0.1, 0.15) is 26.5 Å². The van der Waals surface area contributed by atoms with Gasteiger partial charge in [-0.25, -0.2) is 17.6 Å². The fourth-order valence-corrected chi connectivity index (χ4v) is 4.33. The summed E-state index contributed by atoms with van der Waals surface area (Å²) in [6.45, 7) is 4.62. The van der Waals surface area contributed by atoms with Crippen molar-refractivity contribution >= 4 is 26.6 Å². The molecule has 3 rings (SSSR count). The van der Waals surface area contributed by atoms with Gasteiger partial charge in [0, 0.05) is 11.6 Å². The first-order chi connectivity index (χ1) is 13.1. The summed E-state index contributed by atoms with van der Waals surface area (Å²) in [5.41, 5.74) is -1.60. The molecule has 1 aromatic heterocycles. The lowest BCUT2D eigenvalue weighted by Crippen LogP contribution is -2.44. The predicted molar refractivity (Wildman–Crippen MR) is 104 cm³/mol. The molecule has 0 spiro atoms. The summed E-state index contributed by atoms with van der Waals surface area (Å²) in [6.07, 6.45) is 1.27. The number of sulfone groups is 1. The SMILES string of the molecule is CC(C)(C)OC(=O)C(F)(c1nccc2ccccc12)S(=O)(=O)c1ccccc1. The van der Waals surface area contributed by atoms with Gasteiger partial charge in [0.1, 0.15) is 11.3 Å². The number of hydrogen-bond acceptors (Lipinski definition) is 5. The molecule has 1 unspecified atom stereocenters. The summed E-state index contributed by atoms with van der Waals surface area (Å²) in [5, 5.41) is -2.73. The minimum absolute atomic E-state index is 0.220. The fourth-order valence-electron chi connectivity index (χ4n) is 2.82. The first kappa shape index (κ1) is 19.9. The van der Waals surface area contributed by atoms with Crippen LogP contribution in [0.3, 0.4) is 0 Å². The van der Waals surface area contributed by atoms with Crippen LogP contribution >= 0.6 is 0 Å². The third-order valence-corrected chi connectivity index (χ3v) is 6.06. The molecule has 1 heterocycles. The normalized spacial score (nSPS) is 14.4. The van der Waals surface area contributed by atoms with Gasteiger partial charge in [0.25, 0.3) is 0 Å². The second kappa shape index (κ2) is 6.98. The van der Waals surface area contributed by atoms with Gasteiger partial charge in [0.05, 0.1) is 4.90 Å². The maximum absolute atomic E-state index is 16.5. The van der Waals surface area contributed by atoms with Gasteiger partial charge in [0.2, 0.25) is 9.84 Å². The Morgan fingerprint density at radius 3 is 2.21 bits per heavy atom. The standard InChI is InChI=1S/C21H20FNO4S/c1-20(2,3)27-19(24)21(22,28(25,26)16-10-5-4-6-11-16)18-17-12-8-7-9-15(17)13-14-23-18/h4-14H,1-3H3. The van der Waals surface area contributed by atoms with Crippen molar-refractivity contribution in [3.63, 3.8) is 0 Å². The van der Waals surface area contributed by atoms with Crippen molar-refractivity contribution < 1.29 is 22.3 Å². The molecule has 0 amide bonds. The maximum atomic E-state index is 16.5. The van der Waals surface area contributed by atoms with Crippen LogP contribution in [-0.2, 0) is 24.4 Å². The second-order valence-corrected chi connectivity index (χ2v) is 9.34. The molecule has 2 aromatic carbocycles. The Morgan fingerprint density at radius 2 is 1.57 bits per heavy atom. The Balaban J connectivity index is 2.34. The highest BCUT2D eigenvalue weighted by Gasteiger charge is 2.58. The molecule has 146 valence electrons. The summed E-state index contributed by atoms with van der Waals surface area (Å²) in [6, 6.07) is 15.2. The molecule has 0 aliphatic heterocycles. The monoisotopic (exact) mass is 401 g/mol. The van der Waals surface area contributed by atoms with E-state index in [0.29, 0.717) is 5.39 Å². The Labute approximate surface area is 163 Å². The van der Waals surface area contributed by atoms with E-state index >= 15 is 4.39 Å². The molecule has 28 heavy (non-hydrogen) atoms. The van der Waals surface area contributed by atoms with E-state index in [0.717, 1.165) is 0 Å². The molecule has 0 aliphatic carbocycles. The molecule has 1 atom stereocenters. The molecule has 0 fully saturated rings. The summed E-state index contributed by atoms with van der Waals surface area (Å²) < 4.78 is 48.3. The Morgan fingerprint density at radius 1 is 0.964 bits per heavy atom. The van der Waals surface area contributed by atoms with E-state index < -0.39 is 32.1 Å². The molecule has 0 aliphatic rings. The predicted octanol–water partition coefficient (Wildman–Crippen LogP) is 4.17. The van der Waals surface area contributed by atoms with E-state index in [1.807, 2.05) is 0 Å². The lowest BCUT2D eigenvalue weighted by molar-refractivity contribution is -0.164. The molecule has 0 saturated heterocycles. The zero-order chi connectivity index (χ0) is 20.6. The number of nitrogens with zero attached hydrogens (tertiary/aromatic N) is 1. The highest BCUT2D eigenvalue weighted by Crippen LogP contribution is 2.41. The highest BCUT2D eigenvalue weighted by atomic mass is 32.2. The van der Waals surface area contributed by atoms with Crippen LogP contribution in [0.4, 0.5) is 4.39 Å². The lowest BCUT2D eigenvalue weighted by atomic mass is 10.1. The van der Waals surface area contributed by atoms with Crippen molar-refractivity contribution in [2.45, 2.75) is 36.3 Å². The lowest BCUT2D eigenvalue weighted by Gasteiger charge is -2.28. The van der Waals surface area contributed by atoms with Crippen molar-refractivity contribution in [2.24, 2.45) is 0 Å². The quantitative estimate of drug-likeness (QED) is 0.614. The van der Waals surface area contributed by atoms with Crippen molar-refractivity contribution in [1.29, 1.82) is 0 Å². The molecule has 0 saturated carbocycles. The number of benzene rings is 2. The number of hydrogen-bond donors (Lipinski definition) is 0. The van der Waals surface area contributed by atoms with Gasteiger partial charge in [-0.15, -0.1) is 0 Å². The average molecular weight is 401 g/mol. The molecule has 0 bridgehead atoms. The van der Waals surface area contributed by atoms with E-state index in [1.54, 1.807) is 30.3 Å². The smallest absolute Gasteiger partial charge is 0.367 e. The van der Waals surface area contributed by atoms with Gasteiger partial charge in [-0.3, -0.25) is 4.98 Å². The molecule has 5 nitrogen and oxygen atoms in total. The number of aromatic nitrogens is 1. The molecular weight excluding hydrogens is 381 g/mol. The van der Waals surface area contributed by atoms with Crippen LogP contribution in [0, 0.1) is 0 Å². The van der Waals surface area contributed by atoms with Crippen molar-refractivity contribution in [1.82, 2.24) is 4.98 Å². The number of rotatable bonds is 4. The van der Waals surface area contributed by atoms with Crippen molar-refractivity contribution in [3.8, 4) is 0 Å². The number of carbonyl (C=O) groups excluding carboxylic acids is 1. The molecular formula is C21H20FNO4S. The Kier molecular flexibility index (Phi) is 4.97. The van der Waals surface area contributed by atoms with Gasteiger partial charge in [-0.1, -0.05) is 42.5 Å². The summed E-state index contributed by atoms with van der Waals surface area (Å²) in [4.78, 5) is 16.6. The van der Waals surface area contributed by atoms with Crippen LogP contribution in [-0.4, -0.2) is 25.0 Å². The largest absolute Gasteiger partial charge is 0.456 e. The van der Waals surface area contributed by atoms with E-state index in [1.165, 1.54) is 57.3 Å². The van der Waals surface area contributed by atoms with Crippen molar-refractivity contribution in [2.75, 3.05) is 0 Å².